The van der Waals surface area contributed by atoms with E-state index in [4.69, 9.17) is 11.6 Å². The van der Waals surface area contributed by atoms with E-state index < -0.39 is 10.0 Å². The molecule has 0 fully saturated rings. The number of nitrogens with one attached hydrogen (secondary N) is 1. The monoisotopic (exact) mass is 231 g/mol. The summed E-state index contributed by atoms with van der Waals surface area (Å²) in [5.41, 5.74) is 0.366. The van der Waals surface area contributed by atoms with E-state index in [-0.39, 0.29) is 4.90 Å². The Balaban J connectivity index is 3.11. The van der Waals surface area contributed by atoms with Crippen molar-refractivity contribution < 1.29 is 8.42 Å². The Hall–Kier alpha value is -1.00. The van der Waals surface area contributed by atoms with Gasteiger partial charge in [0.1, 0.15) is 0 Å². The van der Waals surface area contributed by atoms with Crippen LogP contribution in [0.4, 0.5) is 0 Å². The molecule has 3 nitrogen and oxygen atoms in total. The summed E-state index contributed by atoms with van der Waals surface area (Å²) in [4.78, 5) is 0.132. The van der Waals surface area contributed by atoms with Crippen LogP contribution in [0.25, 0.3) is 0 Å². The third kappa shape index (κ3) is 2.75. The van der Waals surface area contributed by atoms with Crippen molar-refractivity contribution in [2.45, 2.75) is 11.8 Å². The number of benzene rings is 1. The minimum absolute atomic E-state index is 0.132. The minimum atomic E-state index is -3.52. The summed E-state index contributed by atoms with van der Waals surface area (Å²) in [6.45, 7) is 5.04. The molecule has 1 aromatic carbocycles. The molecule has 5 heteroatoms. The van der Waals surface area contributed by atoms with Gasteiger partial charge in [-0.25, -0.2) is 8.42 Å². The number of halogens is 1. The Morgan fingerprint density at radius 2 is 2.14 bits per heavy atom. The van der Waals surface area contributed by atoms with Crippen molar-refractivity contribution in [1.29, 1.82) is 0 Å². The second-order valence-electron chi connectivity index (χ2n) is 2.84. The fourth-order valence-corrected chi connectivity index (χ4v) is 2.29. The van der Waals surface area contributed by atoms with Gasteiger partial charge in [0, 0.05) is 10.7 Å². The molecule has 0 spiro atoms. The number of rotatable bonds is 3. The average Bonchev–Trinajstić information content (AvgIpc) is 2.01. The van der Waals surface area contributed by atoms with E-state index in [0.29, 0.717) is 10.7 Å². The summed E-state index contributed by atoms with van der Waals surface area (Å²) in [5.74, 6) is 0. The van der Waals surface area contributed by atoms with Crippen molar-refractivity contribution in [3.8, 4) is 0 Å². The van der Waals surface area contributed by atoms with Gasteiger partial charge in [-0.15, -0.1) is 0 Å². The van der Waals surface area contributed by atoms with Crippen LogP contribution in [0.1, 0.15) is 6.92 Å². The van der Waals surface area contributed by atoms with Gasteiger partial charge in [0.05, 0.1) is 4.90 Å². The van der Waals surface area contributed by atoms with E-state index in [9.17, 15) is 8.42 Å². The van der Waals surface area contributed by atoms with E-state index in [0.717, 1.165) is 0 Å². The maximum Gasteiger partial charge on any atom is 0.261 e. The lowest BCUT2D eigenvalue weighted by molar-refractivity contribution is 0.589. The third-order valence-electron chi connectivity index (χ3n) is 1.41. The SMILES string of the molecule is C=C(C)NS(=O)(=O)c1cccc(Cl)c1. The highest BCUT2D eigenvalue weighted by Crippen LogP contribution is 2.15. The molecule has 0 radical (unpaired) electrons. The molecule has 1 N–H and O–H groups in total. The predicted molar refractivity (Wildman–Crippen MR) is 56.6 cm³/mol. The van der Waals surface area contributed by atoms with Crippen molar-refractivity contribution in [2.24, 2.45) is 0 Å². The maximum atomic E-state index is 11.6. The van der Waals surface area contributed by atoms with Crippen LogP contribution < -0.4 is 4.72 Å². The molecule has 0 bridgehead atoms. The molecule has 0 aliphatic carbocycles. The Morgan fingerprint density at radius 3 is 2.64 bits per heavy atom. The molecule has 1 rings (SSSR count). The molecular formula is C9H10ClNO2S. The van der Waals surface area contributed by atoms with Crippen molar-refractivity contribution >= 4 is 21.6 Å². The highest BCUT2D eigenvalue weighted by molar-refractivity contribution is 7.89. The zero-order valence-electron chi connectivity index (χ0n) is 7.62. The number of hydrogen-bond acceptors (Lipinski definition) is 2. The summed E-state index contributed by atoms with van der Waals surface area (Å²) in [5, 5.41) is 0.384. The van der Waals surface area contributed by atoms with Gasteiger partial charge in [0.25, 0.3) is 10.0 Å². The molecule has 76 valence electrons. The highest BCUT2D eigenvalue weighted by Gasteiger charge is 2.12. The van der Waals surface area contributed by atoms with Crippen LogP contribution in [0.3, 0.4) is 0 Å². The number of allylic oxidation sites excluding steroid dienone is 1. The standard InChI is InChI=1S/C9H10ClNO2S/c1-7(2)11-14(12,13)9-5-3-4-8(10)6-9/h3-6,11H,1H2,2H3. The van der Waals surface area contributed by atoms with Gasteiger partial charge in [0.15, 0.2) is 0 Å². The lowest BCUT2D eigenvalue weighted by Crippen LogP contribution is -2.21. The molecule has 0 saturated heterocycles. The lowest BCUT2D eigenvalue weighted by atomic mass is 10.4. The van der Waals surface area contributed by atoms with Crippen molar-refractivity contribution in [1.82, 2.24) is 4.72 Å². The van der Waals surface area contributed by atoms with Gasteiger partial charge >= 0.3 is 0 Å². The molecule has 0 saturated carbocycles. The summed E-state index contributed by atoms with van der Waals surface area (Å²) >= 11 is 5.67. The van der Waals surface area contributed by atoms with Crippen LogP contribution >= 0.6 is 11.6 Å². The van der Waals surface area contributed by atoms with E-state index >= 15 is 0 Å². The molecule has 0 amide bonds. The number of hydrogen-bond donors (Lipinski definition) is 1. The van der Waals surface area contributed by atoms with Crippen LogP contribution in [0.15, 0.2) is 41.4 Å². The summed E-state index contributed by atoms with van der Waals surface area (Å²) in [6.07, 6.45) is 0. The van der Waals surface area contributed by atoms with E-state index in [1.807, 2.05) is 0 Å². The van der Waals surface area contributed by atoms with Crippen LogP contribution in [0, 0.1) is 0 Å². The van der Waals surface area contributed by atoms with Crippen molar-refractivity contribution in [2.75, 3.05) is 0 Å². The minimum Gasteiger partial charge on any atom is -0.284 e. The Bertz CT molecular complexity index is 454. The average molecular weight is 232 g/mol. The molecule has 0 unspecified atom stereocenters. The zero-order valence-corrected chi connectivity index (χ0v) is 9.19. The van der Waals surface area contributed by atoms with E-state index in [2.05, 4.69) is 11.3 Å². The smallest absolute Gasteiger partial charge is 0.261 e. The van der Waals surface area contributed by atoms with Crippen LogP contribution in [-0.2, 0) is 10.0 Å². The van der Waals surface area contributed by atoms with Crippen LogP contribution in [-0.4, -0.2) is 8.42 Å². The Kier molecular flexibility index (Phi) is 3.18. The van der Waals surface area contributed by atoms with Gasteiger partial charge < -0.3 is 0 Å². The largest absolute Gasteiger partial charge is 0.284 e. The van der Waals surface area contributed by atoms with Gasteiger partial charge in [-0.3, -0.25) is 4.72 Å². The fraction of sp³-hybridized carbons (Fsp3) is 0.111. The molecule has 14 heavy (non-hydrogen) atoms. The quantitative estimate of drug-likeness (QED) is 0.867. The normalized spacial score (nSPS) is 11.0. The maximum absolute atomic E-state index is 11.6. The second kappa shape index (κ2) is 4.02. The Labute approximate surface area is 88.5 Å². The lowest BCUT2D eigenvalue weighted by Gasteiger charge is -2.06. The Morgan fingerprint density at radius 1 is 1.50 bits per heavy atom. The molecule has 0 aromatic heterocycles. The second-order valence-corrected chi connectivity index (χ2v) is 4.96. The van der Waals surface area contributed by atoms with Gasteiger partial charge in [-0.1, -0.05) is 24.2 Å². The van der Waals surface area contributed by atoms with Gasteiger partial charge in [-0.2, -0.15) is 0 Å². The first-order valence-electron chi connectivity index (χ1n) is 3.86. The summed E-state index contributed by atoms with van der Waals surface area (Å²) in [7, 11) is -3.52. The van der Waals surface area contributed by atoms with Gasteiger partial charge in [-0.05, 0) is 25.1 Å². The van der Waals surface area contributed by atoms with Crippen LogP contribution in [0.5, 0.6) is 0 Å². The third-order valence-corrected chi connectivity index (χ3v) is 3.14. The molecule has 0 aliphatic heterocycles. The van der Waals surface area contributed by atoms with Crippen molar-refractivity contribution in [3.05, 3.63) is 41.6 Å². The van der Waals surface area contributed by atoms with Crippen molar-refractivity contribution in [3.63, 3.8) is 0 Å². The molecule has 0 aliphatic rings. The molecule has 0 heterocycles. The topological polar surface area (TPSA) is 46.2 Å². The van der Waals surface area contributed by atoms with E-state index in [1.54, 1.807) is 19.1 Å². The van der Waals surface area contributed by atoms with E-state index in [1.165, 1.54) is 12.1 Å². The first kappa shape index (κ1) is 11.1. The van der Waals surface area contributed by atoms with Crippen LogP contribution in [0.2, 0.25) is 5.02 Å². The fourth-order valence-electron chi connectivity index (χ4n) is 0.922. The zero-order chi connectivity index (χ0) is 10.8. The first-order valence-corrected chi connectivity index (χ1v) is 5.72. The first-order chi connectivity index (χ1) is 6.42. The summed E-state index contributed by atoms with van der Waals surface area (Å²) in [6, 6.07) is 6.04. The van der Waals surface area contributed by atoms with Gasteiger partial charge in [0.2, 0.25) is 0 Å². The number of sulfonamides is 1. The predicted octanol–water partition coefficient (Wildman–Crippen LogP) is 2.15. The molecular weight excluding hydrogens is 222 g/mol. The molecule has 0 atom stereocenters. The highest BCUT2D eigenvalue weighted by atomic mass is 35.5. The molecule has 1 aromatic rings. The summed E-state index contributed by atoms with van der Waals surface area (Å²) < 4.78 is 25.4.